The van der Waals surface area contributed by atoms with Gasteiger partial charge >= 0.3 is 5.97 Å². The van der Waals surface area contributed by atoms with Gasteiger partial charge in [-0.2, -0.15) is 0 Å². The van der Waals surface area contributed by atoms with Gasteiger partial charge in [0, 0.05) is 16.6 Å². The van der Waals surface area contributed by atoms with E-state index >= 15 is 0 Å². The number of fused-ring (bicyclic) bond motifs is 1. The Balaban J connectivity index is 1.55. The predicted octanol–water partition coefficient (Wildman–Crippen LogP) is 5.46. The zero-order chi connectivity index (χ0) is 19.5. The van der Waals surface area contributed by atoms with Gasteiger partial charge < -0.3 is 10.4 Å². The average molecular weight is 367 g/mol. The highest BCUT2D eigenvalue weighted by molar-refractivity contribution is 6.09. The van der Waals surface area contributed by atoms with Crippen molar-refractivity contribution in [2.45, 2.75) is 0 Å². The lowest BCUT2D eigenvalue weighted by Crippen LogP contribution is -2.11. The molecule has 4 rings (SSSR count). The van der Waals surface area contributed by atoms with Crippen molar-refractivity contribution >= 4 is 28.3 Å². The van der Waals surface area contributed by atoms with Gasteiger partial charge in [-0.3, -0.25) is 4.79 Å². The fourth-order valence-electron chi connectivity index (χ4n) is 3.15. The number of carboxylic acids is 1. The molecule has 0 aliphatic carbocycles. The fourth-order valence-corrected chi connectivity index (χ4v) is 3.15. The maximum absolute atomic E-state index is 12.6. The molecule has 0 aliphatic heterocycles. The van der Waals surface area contributed by atoms with Gasteiger partial charge in [0.15, 0.2) is 0 Å². The van der Waals surface area contributed by atoms with Crippen LogP contribution in [0.25, 0.3) is 21.9 Å². The highest BCUT2D eigenvalue weighted by atomic mass is 16.4. The molecule has 4 nitrogen and oxygen atoms in total. The van der Waals surface area contributed by atoms with E-state index in [9.17, 15) is 9.59 Å². The van der Waals surface area contributed by atoms with Crippen molar-refractivity contribution < 1.29 is 14.7 Å². The van der Waals surface area contributed by atoms with E-state index in [1.165, 1.54) is 0 Å². The Morgan fingerprint density at radius 1 is 0.643 bits per heavy atom. The molecule has 4 heteroatoms. The molecule has 136 valence electrons. The van der Waals surface area contributed by atoms with Crippen molar-refractivity contribution in [2.24, 2.45) is 0 Å². The Bertz CT molecular complexity index is 1160. The van der Waals surface area contributed by atoms with Gasteiger partial charge in [-0.1, -0.05) is 60.7 Å². The standard InChI is InChI=1S/C24H17NO3/c26-23(25-22-7-3-5-18-4-1-2-6-21(18)22)19-12-8-16(9-13-19)17-10-14-20(15-11-17)24(27)28/h1-15H,(H,25,26)(H,27,28). The van der Waals surface area contributed by atoms with Crippen LogP contribution < -0.4 is 5.32 Å². The SMILES string of the molecule is O=C(O)c1ccc(-c2ccc(C(=O)Nc3cccc4ccccc34)cc2)cc1. The molecular formula is C24H17NO3. The summed E-state index contributed by atoms with van der Waals surface area (Å²) in [5.41, 5.74) is 3.38. The number of hydrogen-bond donors (Lipinski definition) is 2. The van der Waals surface area contributed by atoms with Crippen LogP contribution in [0, 0.1) is 0 Å². The molecule has 0 aliphatic rings. The topological polar surface area (TPSA) is 66.4 Å². The van der Waals surface area contributed by atoms with Crippen LogP contribution >= 0.6 is 0 Å². The summed E-state index contributed by atoms with van der Waals surface area (Å²) >= 11 is 0. The second kappa shape index (κ2) is 7.37. The lowest BCUT2D eigenvalue weighted by atomic mass is 10.0. The van der Waals surface area contributed by atoms with Crippen LogP contribution in [0.4, 0.5) is 5.69 Å². The predicted molar refractivity (Wildman–Crippen MR) is 111 cm³/mol. The number of anilines is 1. The molecule has 0 fully saturated rings. The van der Waals surface area contributed by atoms with Gasteiger partial charge in [0.1, 0.15) is 0 Å². The van der Waals surface area contributed by atoms with Gasteiger partial charge in [0.05, 0.1) is 5.56 Å². The third-order valence-corrected chi connectivity index (χ3v) is 4.65. The highest BCUT2D eigenvalue weighted by Crippen LogP contribution is 2.24. The Hall–Kier alpha value is -3.92. The number of carbonyl (C=O) groups is 2. The van der Waals surface area contributed by atoms with Crippen molar-refractivity contribution in [3.8, 4) is 11.1 Å². The van der Waals surface area contributed by atoms with Gasteiger partial charge in [-0.15, -0.1) is 0 Å². The van der Waals surface area contributed by atoms with Gasteiger partial charge in [-0.05, 0) is 46.8 Å². The average Bonchev–Trinajstić information content (AvgIpc) is 2.74. The number of carboxylic acid groups (broad SMARTS) is 1. The summed E-state index contributed by atoms with van der Waals surface area (Å²) in [5, 5.41) is 14.0. The van der Waals surface area contributed by atoms with E-state index in [0.717, 1.165) is 27.6 Å². The lowest BCUT2D eigenvalue weighted by molar-refractivity contribution is 0.0696. The number of hydrogen-bond acceptors (Lipinski definition) is 2. The largest absolute Gasteiger partial charge is 0.478 e. The van der Waals surface area contributed by atoms with Gasteiger partial charge in [0.25, 0.3) is 5.91 Å². The van der Waals surface area contributed by atoms with E-state index in [1.807, 2.05) is 54.6 Å². The Labute approximate surface area is 162 Å². The molecule has 0 unspecified atom stereocenters. The number of amides is 1. The van der Waals surface area contributed by atoms with Crippen LogP contribution in [0.5, 0.6) is 0 Å². The second-order valence-corrected chi connectivity index (χ2v) is 6.44. The van der Waals surface area contributed by atoms with E-state index in [-0.39, 0.29) is 11.5 Å². The second-order valence-electron chi connectivity index (χ2n) is 6.44. The van der Waals surface area contributed by atoms with E-state index < -0.39 is 5.97 Å². The molecule has 0 saturated carbocycles. The normalized spacial score (nSPS) is 10.6. The summed E-state index contributed by atoms with van der Waals surface area (Å²) in [5.74, 6) is -1.13. The summed E-state index contributed by atoms with van der Waals surface area (Å²) in [6, 6.07) is 27.6. The molecule has 4 aromatic rings. The number of benzene rings is 4. The third kappa shape index (κ3) is 3.48. The number of rotatable bonds is 4. The molecule has 2 N–H and O–H groups in total. The molecule has 0 aromatic heterocycles. The van der Waals surface area contributed by atoms with Gasteiger partial charge in [0.2, 0.25) is 0 Å². The molecule has 0 spiro atoms. The van der Waals surface area contributed by atoms with E-state index in [2.05, 4.69) is 5.32 Å². The van der Waals surface area contributed by atoms with Crippen molar-refractivity contribution in [3.63, 3.8) is 0 Å². The molecule has 28 heavy (non-hydrogen) atoms. The molecule has 0 atom stereocenters. The first-order chi connectivity index (χ1) is 13.6. The van der Waals surface area contributed by atoms with Crippen molar-refractivity contribution in [3.05, 3.63) is 102 Å². The monoisotopic (exact) mass is 367 g/mol. The number of carbonyl (C=O) groups excluding carboxylic acids is 1. The smallest absolute Gasteiger partial charge is 0.335 e. The molecule has 0 radical (unpaired) electrons. The summed E-state index contributed by atoms with van der Waals surface area (Å²) < 4.78 is 0. The van der Waals surface area contributed by atoms with Crippen LogP contribution in [-0.2, 0) is 0 Å². The Morgan fingerprint density at radius 2 is 1.21 bits per heavy atom. The fraction of sp³-hybridized carbons (Fsp3) is 0. The summed E-state index contributed by atoms with van der Waals surface area (Å²) in [6.07, 6.45) is 0. The van der Waals surface area contributed by atoms with Crippen LogP contribution in [-0.4, -0.2) is 17.0 Å². The van der Waals surface area contributed by atoms with Crippen LogP contribution in [0.1, 0.15) is 20.7 Å². The first-order valence-corrected chi connectivity index (χ1v) is 8.85. The lowest BCUT2D eigenvalue weighted by Gasteiger charge is -2.09. The van der Waals surface area contributed by atoms with Crippen LogP contribution in [0.3, 0.4) is 0 Å². The van der Waals surface area contributed by atoms with E-state index in [4.69, 9.17) is 5.11 Å². The number of nitrogens with one attached hydrogen (secondary N) is 1. The molecule has 0 bridgehead atoms. The minimum atomic E-state index is -0.952. The van der Waals surface area contributed by atoms with Crippen molar-refractivity contribution in [2.75, 3.05) is 5.32 Å². The molecule has 1 amide bonds. The van der Waals surface area contributed by atoms with Crippen molar-refractivity contribution in [1.82, 2.24) is 0 Å². The Kier molecular flexibility index (Phi) is 4.60. The Morgan fingerprint density at radius 3 is 1.86 bits per heavy atom. The molecule has 0 saturated heterocycles. The van der Waals surface area contributed by atoms with Crippen LogP contribution in [0.15, 0.2) is 91.0 Å². The quantitative estimate of drug-likeness (QED) is 0.503. The molecule has 0 heterocycles. The van der Waals surface area contributed by atoms with E-state index in [0.29, 0.717) is 5.56 Å². The summed E-state index contributed by atoms with van der Waals surface area (Å²) in [6.45, 7) is 0. The first-order valence-electron chi connectivity index (χ1n) is 8.85. The highest BCUT2D eigenvalue weighted by Gasteiger charge is 2.09. The first kappa shape index (κ1) is 17.5. The zero-order valence-electron chi connectivity index (χ0n) is 14.9. The van der Waals surface area contributed by atoms with Crippen LogP contribution in [0.2, 0.25) is 0 Å². The summed E-state index contributed by atoms with van der Waals surface area (Å²) in [7, 11) is 0. The van der Waals surface area contributed by atoms with Crippen molar-refractivity contribution in [1.29, 1.82) is 0 Å². The minimum absolute atomic E-state index is 0.177. The maximum Gasteiger partial charge on any atom is 0.335 e. The summed E-state index contributed by atoms with van der Waals surface area (Å²) in [4.78, 5) is 23.6. The van der Waals surface area contributed by atoms with E-state index in [1.54, 1.807) is 36.4 Å². The number of aromatic carboxylic acids is 1. The maximum atomic E-state index is 12.6. The minimum Gasteiger partial charge on any atom is -0.478 e. The third-order valence-electron chi connectivity index (χ3n) is 4.65. The molecule has 4 aromatic carbocycles. The zero-order valence-corrected chi connectivity index (χ0v) is 14.9. The molecular weight excluding hydrogens is 350 g/mol. The van der Waals surface area contributed by atoms with Gasteiger partial charge in [-0.25, -0.2) is 4.79 Å².